The highest BCUT2D eigenvalue weighted by Crippen LogP contribution is 2.08. The average Bonchev–Trinajstić information content (AvgIpc) is 2.34. The van der Waals surface area contributed by atoms with Gasteiger partial charge in [0.2, 0.25) is 0 Å². The SMILES string of the molecule is Cc1cccc(C(=O)CCN(C)C(C)CO)c1. The van der Waals surface area contributed by atoms with Gasteiger partial charge in [-0.1, -0.05) is 23.8 Å². The van der Waals surface area contributed by atoms with E-state index < -0.39 is 0 Å². The number of ketones is 1. The van der Waals surface area contributed by atoms with Crippen LogP contribution in [0.1, 0.15) is 29.3 Å². The number of rotatable bonds is 6. The van der Waals surface area contributed by atoms with Crippen LogP contribution >= 0.6 is 0 Å². The van der Waals surface area contributed by atoms with Gasteiger partial charge in [0, 0.05) is 24.6 Å². The molecule has 0 fully saturated rings. The van der Waals surface area contributed by atoms with Gasteiger partial charge in [-0.05, 0) is 27.0 Å². The van der Waals surface area contributed by atoms with E-state index in [0.29, 0.717) is 13.0 Å². The van der Waals surface area contributed by atoms with Gasteiger partial charge in [-0.3, -0.25) is 4.79 Å². The van der Waals surface area contributed by atoms with Gasteiger partial charge in [-0.2, -0.15) is 0 Å². The van der Waals surface area contributed by atoms with E-state index in [1.807, 2.05) is 50.1 Å². The summed E-state index contributed by atoms with van der Waals surface area (Å²) in [7, 11) is 1.92. The fourth-order valence-electron chi connectivity index (χ4n) is 1.60. The number of carbonyl (C=O) groups is 1. The first-order valence-electron chi connectivity index (χ1n) is 5.95. The molecule has 0 aliphatic carbocycles. The molecular formula is C14H21NO2. The summed E-state index contributed by atoms with van der Waals surface area (Å²) < 4.78 is 0. The molecule has 1 aromatic carbocycles. The summed E-state index contributed by atoms with van der Waals surface area (Å²) in [6.45, 7) is 4.72. The van der Waals surface area contributed by atoms with E-state index in [1.54, 1.807) is 0 Å². The van der Waals surface area contributed by atoms with Crippen LogP contribution in [0, 0.1) is 6.92 Å². The number of aliphatic hydroxyl groups excluding tert-OH is 1. The summed E-state index contributed by atoms with van der Waals surface area (Å²) in [6, 6.07) is 7.75. The summed E-state index contributed by atoms with van der Waals surface area (Å²) in [5.74, 6) is 0.158. The molecule has 94 valence electrons. The minimum absolute atomic E-state index is 0.0975. The molecule has 3 nitrogen and oxygen atoms in total. The Morgan fingerprint density at radius 3 is 2.76 bits per heavy atom. The molecule has 0 amide bonds. The second kappa shape index (κ2) is 6.52. The Kier molecular flexibility index (Phi) is 5.32. The molecule has 17 heavy (non-hydrogen) atoms. The largest absolute Gasteiger partial charge is 0.395 e. The third kappa shape index (κ3) is 4.29. The van der Waals surface area contributed by atoms with Gasteiger partial charge in [0.25, 0.3) is 0 Å². The van der Waals surface area contributed by atoms with Crippen molar-refractivity contribution >= 4 is 5.78 Å². The summed E-state index contributed by atoms with van der Waals surface area (Å²) in [6.07, 6.45) is 0.490. The Balaban J connectivity index is 2.50. The minimum Gasteiger partial charge on any atom is -0.395 e. The average molecular weight is 235 g/mol. The van der Waals surface area contributed by atoms with Crippen LogP contribution in [-0.4, -0.2) is 42.0 Å². The maximum absolute atomic E-state index is 11.9. The lowest BCUT2D eigenvalue weighted by atomic mass is 10.1. The topological polar surface area (TPSA) is 40.5 Å². The standard InChI is InChI=1S/C14H21NO2/c1-11-5-4-6-13(9-11)14(17)7-8-15(3)12(2)10-16/h4-6,9,12,16H,7-8,10H2,1-3H3. The number of likely N-dealkylation sites (N-methyl/N-ethyl adjacent to an activating group) is 1. The Bertz CT molecular complexity index is 376. The number of hydrogen-bond acceptors (Lipinski definition) is 3. The van der Waals surface area contributed by atoms with E-state index in [4.69, 9.17) is 5.11 Å². The molecule has 0 radical (unpaired) electrons. The molecule has 0 aliphatic rings. The predicted octanol–water partition coefficient (Wildman–Crippen LogP) is 1.88. The molecular weight excluding hydrogens is 214 g/mol. The molecule has 1 N–H and O–H groups in total. The van der Waals surface area contributed by atoms with E-state index in [2.05, 4.69) is 0 Å². The summed E-state index contributed by atoms with van der Waals surface area (Å²) in [5.41, 5.74) is 1.88. The molecule has 3 heteroatoms. The number of benzene rings is 1. The van der Waals surface area contributed by atoms with Crippen LogP contribution in [0.3, 0.4) is 0 Å². The number of aryl methyl sites for hydroxylation is 1. The molecule has 1 unspecified atom stereocenters. The number of nitrogens with zero attached hydrogens (tertiary/aromatic N) is 1. The van der Waals surface area contributed by atoms with Gasteiger partial charge in [0.05, 0.1) is 6.61 Å². The highest BCUT2D eigenvalue weighted by molar-refractivity contribution is 5.96. The zero-order valence-electron chi connectivity index (χ0n) is 10.8. The van der Waals surface area contributed by atoms with Crippen LogP contribution in [0.4, 0.5) is 0 Å². The Morgan fingerprint density at radius 2 is 2.18 bits per heavy atom. The van der Waals surface area contributed by atoms with Gasteiger partial charge in [-0.15, -0.1) is 0 Å². The summed E-state index contributed by atoms with van der Waals surface area (Å²) >= 11 is 0. The molecule has 1 aromatic rings. The van der Waals surface area contributed by atoms with E-state index in [0.717, 1.165) is 11.1 Å². The Morgan fingerprint density at radius 1 is 1.47 bits per heavy atom. The molecule has 1 rings (SSSR count). The first-order valence-corrected chi connectivity index (χ1v) is 5.95. The molecule has 0 heterocycles. The molecule has 0 aromatic heterocycles. The monoisotopic (exact) mass is 235 g/mol. The lowest BCUT2D eigenvalue weighted by Gasteiger charge is -2.22. The smallest absolute Gasteiger partial charge is 0.164 e. The van der Waals surface area contributed by atoms with E-state index in [-0.39, 0.29) is 18.4 Å². The lowest BCUT2D eigenvalue weighted by molar-refractivity contribution is 0.0946. The molecule has 0 saturated heterocycles. The maximum atomic E-state index is 11.9. The quantitative estimate of drug-likeness (QED) is 0.765. The number of Topliss-reactive ketones (excluding diaryl/α,β-unsaturated/α-hetero) is 1. The highest BCUT2D eigenvalue weighted by atomic mass is 16.3. The van der Waals surface area contributed by atoms with E-state index >= 15 is 0 Å². The van der Waals surface area contributed by atoms with Crippen molar-refractivity contribution in [3.8, 4) is 0 Å². The molecule has 0 saturated carbocycles. The van der Waals surface area contributed by atoms with E-state index in [1.165, 1.54) is 0 Å². The Hall–Kier alpha value is -1.19. The van der Waals surface area contributed by atoms with Crippen LogP contribution in [0.25, 0.3) is 0 Å². The van der Waals surface area contributed by atoms with Crippen molar-refractivity contribution in [1.29, 1.82) is 0 Å². The van der Waals surface area contributed by atoms with Gasteiger partial charge in [0.15, 0.2) is 5.78 Å². The first kappa shape index (κ1) is 13.9. The second-order valence-corrected chi connectivity index (χ2v) is 4.55. The molecule has 0 bridgehead atoms. The van der Waals surface area contributed by atoms with Crippen LogP contribution in [-0.2, 0) is 0 Å². The minimum atomic E-state index is 0.0975. The molecule has 0 aliphatic heterocycles. The van der Waals surface area contributed by atoms with Crippen molar-refractivity contribution in [2.75, 3.05) is 20.2 Å². The molecule has 0 spiro atoms. The number of aliphatic hydroxyl groups is 1. The van der Waals surface area contributed by atoms with Gasteiger partial charge >= 0.3 is 0 Å². The normalized spacial score (nSPS) is 12.8. The summed E-state index contributed by atoms with van der Waals surface area (Å²) in [5, 5.41) is 9.00. The van der Waals surface area contributed by atoms with Crippen molar-refractivity contribution < 1.29 is 9.90 Å². The van der Waals surface area contributed by atoms with Crippen molar-refractivity contribution in [3.63, 3.8) is 0 Å². The third-order valence-electron chi connectivity index (χ3n) is 3.05. The highest BCUT2D eigenvalue weighted by Gasteiger charge is 2.11. The van der Waals surface area contributed by atoms with Crippen LogP contribution in [0.5, 0.6) is 0 Å². The maximum Gasteiger partial charge on any atom is 0.164 e. The van der Waals surface area contributed by atoms with Crippen molar-refractivity contribution in [2.45, 2.75) is 26.3 Å². The van der Waals surface area contributed by atoms with Crippen molar-refractivity contribution in [2.24, 2.45) is 0 Å². The fourth-order valence-corrected chi connectivity index (χ4v) is 1.60. The van der Waals surface area contributed by atoms with Crippen LogP contribution < -0.4 is 0 Å². The van der Waals surface area contributed by atoms with Crippen molar-refractivity contribution in [1.82, 2.24) is 4.90 Å². The number of carbonyl (C=O) groups excluding carboxylic acids is 1. The third-order valence-corrected chi connectivity index (χ3v) is 3.05. The van der Waals surface area contributed by atoms with Gasteiger partial charge < -0.3 is 10.0 Å². The zero-order chi connectivity index (χ0) is 12.8. The fraction of sp³-hybridized carbons (Fsp3) is 0.500. The predicted molar refractivity (Wildman–Crippen MR) is 69.3 cm³/mol. The second-order valence-electron chi connectivity index (χ2n) is 4.55. The van der Waals surface area contributed by atoms with Crippen molar-refractivity contribution in [3.05, 3.63) is 35.4 Å². The Labute approximate surface area is 103 Å². The number of hydrogen-bond donors (Lipinski definition) is 1. The van der Waals surface area contributed by atoms with E-state index in [9.17, 15) is 4.79 Å². The van der Waals surface area contributed by atoms with Gasteiger partial charge in [0.1, 0.15) is 0 Å². The van der Waals surface area contributed by atoms with Crippen LogP contribution in [0.15, 0.2) is 24.3 Å². The zero-order valence-corrected chi connectivity index (χ0v) is 10.8. The summed E-state index contributed by atoms with van der Waals surface area (Å²) in [4.78, 5) is 13.9. The first-order chi connectivity index (χ1) is 8.04. The molecule has 1 atom stereocenters. The van der Waals surface area contributed by atoms with Crippen LogP contribution in [0.2, 0.25) is 0 Å². The lowest BCUT2D eigenvalue weighted by Crippen LogP contribution is -2.33. The van der Waals surface area contributed by atoms with Gasteiger partial charge in [-0.25, -0.2) is 0 Å².